The van der Waals surface area contributed by atoms with Gasteiger partial charge in [-0.1, -0.05) is 12.1 Å². The number of hydrogen-bond donors (Lipinski definition) is 0. The van der Waals surface area contributed by atoms with E-state index in [1.807, 2.05) is 0 Å². The van der Waals surface area contributed by atoms with Crippen molar-refractivity contribution in [2.75, 3.05) is 26.4 Å². The smallest absolute Gasteiger partial charge is 0.416 e. The van der Waals surface area contributed by atoms with Crippen LogP contribution in [0.5, 0.6) is 5.75 Å². The topological polar surface area (TPSA) is 73.5 Å². The number of carbonyl (C=O) groups is 1. The summed E-state index contributed by atoms with van der Waals surface area (Å²) in [6.07, 6.45) is -4.43. The largest absolute Gasteiger partial charge is 0.485 e. The van der Waals surface area contributed by atoms with Crippen molar-refractivity contribution in [1.82, 2.24) is 14.0 Å². The van der Waals surface area contributed by atoms with Gasteiger partial charge in [-0.3, -0.25) is 18.7 Å². The summed E-state index contributed by atoms with van der Waals surface area (Å²) in [6.45, 7) is -1.85. The van der Waals surface area contributed by atoms with Crippen molar-refractivity contribution >= 4 is 17.3 Å². The van der Waals surface area contributed by atoms with Gasteiger partial charge in [-0.05, 0) is 48.7 Å². The van der Waals surface area contributed by atoms with Gasteiger partial charge in [-0.25, -0.2) is 13.6 Å². The first-order valence-corrected chi connectivity index (χ1v) is 11.6. The van der Waals surface area contributed by atoms with Crippen LogP contribution in [0.2, 0.25) is 0 Å². The lowest BCUT2D eigenvalue weighted by atomic mass is 10.0. The number of aromatic nitrogens is 2. The van der Waals surface area contributed by atoms with E-state index >= 15 is 0 Å². The Labute approximate surface area is 207 Å². The van der Waals surface area contributed by atoms with Crippen molar-refractivity contribution in [1.29, 1.82) is 0 Å². The van der Waals surface area contributed by atoms with Gasteiger partial charge in [0, 0.05) is 19.1 Å². The van der Waals surface area contributed by atoms with Gasteiger partial charge in [0.2, 0.25) is 6.41 Å². The molecule has 4 rings (SSSR count). The number of ether oxygens (including phenoxy) is 1. The van der Waals surface area contributed by atoms with Crippen molar-refractivity contribution in [3.63, 3.8) is 0 Å². The molecule has 3 aromatic rings. The van der Waals surface area contributed by atoms with E-state index in [0.717, 1.165) is 16.7 Å². The van der Waals surface area contributed by atoms with E-state index in [2.05, 4.69) is 0 Å². The van der Waals surface area contributed by atoms with E-state index in [1.54, 1.807) is 4.90 Å². The molecule has 7 nitrogen and oxygen atoms in total. The summed E-state index contributed by atoms with van der Waals surface area (Å²) in [5.74, 6) is 0.0106. The summed E-state index contributed by atoms with van der Waals surface area (Å²) in [6, 6.07) is 8.06. The molecule has 0 radical (unpaired) electrons. The lowest BCUT2D eigenvalue weighted by Gasteiger charge is -2.31. The van der Waals surface area contributed by atoms with Crippen molar-refractivity contribution in [2.45, 2.75) is 37.7 Å². The Hall–Kier alpha value is -3.70. The summed E-state index contributed by atoms with van der Waals surface area (Å²) in [4.78, 5) is 39.7. The van der Waals surface area contributed by atoms with E-state index in [1.165, 1.54) is 34.9 Å². The number of likely N-dealkylation sites (tertiary alicyclic amines) is 1. The number of alkyl halides is 5. The molecule has 37 heavy (non-hydrogen) atoms. The predicted molar refractivity (Wildman–Crippen MR) is 125 cm³/mol. The third kappa shape index (κ3) is 5.52. The molecule has 2 heterocycles. The molecule has 0 unspecified atom stereocenters. The maximum Gasteiger partial charge on any atom is 0.416 e. The molecule has 1 saturated heterocycles. The van der Waals surface area contributed by atoms with Crippen LogP contribution in [0.15, 0.2) is 52.1 Å². The fourth-order valence-corrected chi connectivity index (χ4v) is 4.50. The van der Waals surface area contributed by atoms with Crippen LogP contribution >= 0.6 is 0 Å². The zero-order valence-electron chi connectivity index (χ0n) is 19.6. The van der Waals surface area contributed by atoms with Gasteiger partial charge in [-0.2, -0.15) is 13.2 Å². The highest BCUT2D eigenvalue weighted by Gasteiger charge is 2.31. The number of halogens is 5. The highest BCUT2D eigenvalue weighted by atomic mass is 19.4. The molecule has 1 amide bonds. The molecular formula is C25H24F5N3O4. The van der Waals surface area contributed by atoms with Gasteiger partial charge in [0.05, 0.1) is 23.0 Å². The highest BCUT2D eigenvalue weighted by molar-refractivity contribution is 5.80. The van der Waals surface area contributed by atoms with Gasteiger partial charge >= 0.3 is 11.9 Å². The van der Waals surface area contributed by atoms with Crippen molar-refractivity contribution in [3.8, 4) is 5.75 Å². The molecule has 1 fully saturated rings. The van der Waals surface area contributed by atoms with Crippen molar-refractivity contribution < 1.29 is 31.5 Å². The molecule has 0 atom stereocenters. The summed E-state index contributed by atoms with van der Waals surface area (Å²) >= 11 is 0. The standard InChI is InChI=1S/C25H24F5N3O4/c26-12-20(13-27)37-19-4-5-22-21(11-19)23(35)32(14-16-2-1-3-17(10-16)25(28,29)30)24(36)33(22)18-6-8-31(15-34)9-7-18/h1-5,10-11,15,18,20H,6-9,12-14H2. The first-order chi connectivity index (χ1) is 17.7. The molecule has 12 heteroatoms. The minimum atomic E-state index is -4.60. The van der Waals surface area contributed by atoms with Crippen LogP contribution in [0.4, 0.5) is 22.0 Å². The lowest BCUT2D eigenvalue weighted by molar-refractivity contribution is -0.137. The zero-order chi connectivity index (χ0) is 26.7. The molecule has 0 spiro atoms. The maximum atomic E-state index is 13.6. The van der Waals surface area contributed by atoms with E-state index in [0.29, 0.717) is 32.3 Å². The minimum absolute atomic E-state index is 0.0106. The monoisotopic (exact) mass is 525 g/mol. The number of nitrogens with zero attached hydrogens (tertiary/aromatic N) is 3. The molecule has 0 saturated carbocycles. The number of benzene rings is 2. The van der Waals surface area contributed by atoms with Crippen LogP contribution in [0.3, 0.4) is 0 Å². The predicted octanol–water partition coefficient (Wildman–Crippen LogP) is 3.71. The maximum absolute atomic E-state index is 13.6. The number of piperidine rings is 1. The van der Waals surface area contributed by atoms with E-state index < -0.39 is 55.0 Å². The van der Waals surface area contributed by atoms with Crippen LogP contribution in [0, 0.1) is 0 Å². The van der Waals surface area contributed by atoms with Crippen molar-refractivity contribution in [2.24, 2.45) is 0 Å². The molecule has 0 bridgehead atoms. The van der Waals surface area contributed by atoms with E-state index in [4.69, 9.17) is 4.74 Å². The van der Waals surface area contributed by atoms with Gasteiger partial charge in [0.15, 0.2) is 6.10 Å². The fourth-order valence-electron chi connectivity index (χ4n) is 4.50. The average molecular weight is 525 g/mol. The van der Waals surface area contributed by atoms with Gasteiger partial charge in [-0.15, -0.1) is 0 Å². The summed E-state index contributed by atoms with van der Waals surface area (Å²) in [5.41, 5.74) is -2.05. The molecule has 2 aromatic carbocycles. The number of hydrogen-bond acceptors (Lipinski definition) is 4. The normalized spacial score (nSPS) is 14.9. The number of fused-ring (bicyclic) bond motifs is 1. The second-order valence-corrected chi connectivity index (χ2v) is 8.84. The summed E-state index contributed by atoms with van der Waals surface area (Å²) < 4.78 is 73.2. The Morgan fingerprint density at radius 2 is 1.73 bits per heavy atom. The third-order valence-electron chi connectivity index (χ3n) is 6.40. The minimum Gasteiger partial charge on any atom is -0.485 e. The molecule has 0 aliphatic carbocycles. The first kappa shape index (κ1) is 26.4. The van der Waals surface area contributed by atoms with Crippen LogP contribution in [0.1, 0.15) is 30.0 Å². The summed E-state index contributed by atoms with van der Waals surface area (Å²) in [7, 11) is 0. The van der Waals surface area contributed by atoms with Crippen LogP contribution in [-0.4, -0.2) is 53.0 Å². The third-order valence-corrected chi connectivity index (χ3v) is 6.40. The van der Waals surface area contributed by atoms with Crippen LogP contribution < -0.4 is 16.0 Å². The Morgan fingerprint density at radius 1 is 1.03 bits per heavy atom. The second kappa shape index (κ2) is 10.7. The SMILES string of the molecule is O=CN1CCC(n2c(=O)n(Cc3cccc(C(F)(F)F)c3)c(=O)c3cc(OC(CF)CF)ccc32)CC1. The van der Waals surface area contributed by atoms with Crippen molar-refractivity contribution in [3.05, 3.63) is 74.4 Å². The number of amides is 1. The Morgan fingerprint density at radius 3 is 2.35 bits per heavy atom. The lowest BCUT2D eigenvalue weighted by Crippen LogP contribution is -2.44. The first-order valence-electron chi connectivity index (χ1n) is 11.6. The quantitative estimate of drug-likeness (QED) is 0.332. The molecule has 1 aliphatic heterocycles. The molecule has 0 N–H and O–H groups in total. The zero-order valence-corrected chi connectivity index (χ0v) is 19.6. The van der Waals surface area contributed by atoms with E-state index in [-0.39, 0.29) is 22.2 Å². The fraction of sp³-hybridized carbons (Fsp3) is 0.400. The van der Waals surface area contributed by atoms with Crippen LogP contribution in [0.25, 0.3) is 10.9 Å². The average Bonchev–Trinajstić information content (AvgIpc) is 2.90. The van der Waals surface area contributed by atoms with Gasteiger partial charge < -0.3 is 9.64 Å². The van der Waals surface area contributed by atoms with Crippen LogP contribution in [-0.2, 0) is 17.5 Å². The van der Waals surface area contributed by atoms with Gasteiger partial charge in [0.1, 0.15) is 19.1 Å². The van der Waals surface area contributed by atoms with E-state index in [9.17, 15) is 36.3 Å². The Balaban J connectivity index is 1.86. The molecule has 1 aromatic heterocycles. The number of carbonyl (C=O) groups excluding carboxylic acids is 1. The number of rotatable bonds is 8. The highest BCUT2D eigenvalue weighted by Crippen LogP contribution is 2.30. The van der Waals surface area contributed by atoms with Gasteiger partial charge in [0.25, 0.3) is 5.56 Å². The molecular weight excluding hydrogens is 501 g/mol. The second-order valence-electron chi connectivity index (χ2n) is 8.84. The summed E-state index contributed by atoms with van der Waals surface area (Å²) in [5, 5.41) is 0.0124. The Bertz CT molecular complexity index is 1390. The Kier molecular flexibility index (Phi) is 7.65. The molecule has 198 valence electrons. The molecule has 1 aliphatic rings.